The molecule has 0 atom stereocenters. The van der Waals surface area contributed by atoms with E-state index < -0.39 is 0 Å². The van der Waals surface area contributed by atoms with Crippen LogP contribution in [0.2, 0.25) is 10.0 Å². The van der Waals surface area contributed by atoms with Crippen LogP contribution in [0.4, 0.5) is 0 Å². The molecule has 2 aromatic rings. The molecule has 0 spiro atoms. The Labute approximate surface area is 168 Å². The van der Waals surface area contributed by atoms with Crippen molar-refractivity contribution in [2.75, 3.05) is 7.05 Å². The summed E-state index contributed by atoms with van der Waals surface area (Å²) >= 11 is 21.7. The number of hydrogen-bond acceptors (Lipinski definition) is 1. The van der Waals surface area contributed by atoms with E-state index >= 15 is 0 Å². The van der Waals surface area contributed by atoms with Crippen molar-refractivity contribution in [3.63, 3.8) is 0 Å². The average molecular weight is 535 g/mol. The van der Waals surface area contributed by atoms with Gasteiger partial charge in [0.25, 0.3) is 0 Å². The maximum atomic E-state index is 5.80. The Morgan fingerprint density at radius 2 is 1.36 bits per heavy atom. The zero-order valence-electron chi connectivity index (χ0n) is 11.3. The van der Waals surface area contributed by atoms with E-state index in [9.17, 15) is 0 Å². The lowest BCUT2D eigenvalue weighted by Crippen LogP contribution is -2.05. The van der Waals surface area contributed by atoms with E-state index in [1.807, 2.05) is 43.4 Å². The van der Waals surface area contributed by atoms with Crippen molar-refractivity contribution in [1.82, 2.24) is 5.32 Å². The third-order valence-electron chi connectivity index (χ3n) is 2.53. The van der Waals surface area contributed by atoms with Crippen LogP contribution < -0.4 is 5.32 Å². The lowest BCUT2D eigenvalue weighted by molar-refractivity contribution is 0.814. The van der Waals surface area contributed by atoms with Crippen LogP contribution in [0.1, 0.15) is 18.6 Å². The van der Waals surface area contributed by atoms with Gasteiger partial charge < -0.3 is 5.32 Å². The molecule has 0 amide bonds. The molecule has 1 N–H and O–H groups in total. The molecule has 122 valence electrons. The van der Waals surface area contributed by atoms with E-state index in [2.05, 4.69) is 53.1 Å². The zero-order chi connectivity index (χ0) is 15.8. The fourth-order valence-electron chi connectivity index (χ4n) is 1.51. The van der Waals surface area contributed by atoms with Gasteiger partial charge in [-0.1, -0.05) is 78.4 Å². The highest BCUT2D eigenvalue weighted by Crippen LogP contribution is 2.23. The third kappa shape index (κ3) is 7.80. The van der Waals surface area contributed by atoms with Crippen LogP contribution in [0.15, 0.2) is 45.3 Å². The van der Waals surface area contributed by atoms with Crippen molar-refractivity contribution in [2.24, 2.45) is 0 Å². The Morgan fingerprint density at radius 3 is 1.77 bits per heavy atom. The van der Waals surface area contributed by atoms with E-state index in [4.69, 9.17) is 23.2 Å². The molecule has 0 aromatic heterocycles. The summed E-state index contributed by atoms with van der Waals surface area (Å²) in [6, 6.07) is 11.5. The lowest BCUT2D eigenvalue weighted by atomic mass is 10.2. The first-order valence-corrected chi connectivity index (χ1v) is 9.52. The molecule has 2 aromatic carbocycles. The first-order valence-electron chi connectivity index (χ1n) is 6.06. The SMILES string of the molecule is C.CNCc1cc(Cl)ccc1Br.Clc1ccc(Br)c(CBr)c1. The maximum absolute atomic E-state index is 5.80. The zero-order valence-corrected chi connectivity index (χ0v) is 17.5. The summed E-state index contributed by atoms with van der Waals surface area (Å²) < 4.78 is 2.19. The predicted octanol–water partition coefficient (Wildman–Crippen LogP) is 7.46. The normalized spacial score (nSPS) is 9.55. The van der Waals surface area contributed by atoms with Gasteiger partial charge in [-0.05, 0) is 54.6 Å². The molecule has 6 heteroatoms. The Balaban J connectivity index is 0.000000385. The van der Waals surface area contributed by atoms with Gasteiger partial charge in [0.15, 0.2) is 0 Å². The minimum Gasteiger partial charge on any atom is -0.316 e. The molecule has 0 bridgehead atoms. The van der Waals surface area contributed by atoms with E-state index in [1.165, 1.54) is 11.1 Å². The standard InChI is InChI=1S/C8H9BrClN.C7H5Br2Cl.CH4/c1-11-5-6-4-7(10)2-3-8(6)9;8-4-5-3-6(10)1-2-7(5)9;/h2-4,11H,5H2,1H3;1-3H,4H2;1H4. The van der Waals surface area contributed by atoms with Crippen molar-refractivity contribution in [2.45, 2.75) is 19.3 Å². The van der Waals surface area contributed by atoms with Crippen molar-refractivity contribution in [3.05, 3.63) is 66.5 Å². The first kappa shape index (κ1) is 22.4. The Bertz CT molecular complexity index is 592. The molecule has 0 saturated carbocycles. The van der Waals surface area contributed by atoms with Crippen molar-refractivity contribution in [1.29, 1.82) is 0 Å². The topological polar surface area (TPSA) is 12.0 Å². The summed E-state index contributed by atoms with van der Waals surface area (Å²) in [6.45, 7) is 0.834. The van der Waals surface area contributed by atoms with E-state index in [0.717, 1.165) is 30.9 Å². The summed E-state index contributed by atoms with van der Waals surface area (Å²) in [5, 5.41) is 5.44. The summed E-state index contributed by atoms with van der Waals surface area (Å²) in [7, 11) is 1.91. The molecular formula is C16H18Br3Cl2N. The van der Waals surface area contributed by atoms with Crippen LogP contribution in [0.25, 0.3) is 0 Å². The minimum atomic E-state index is 0. The molecule has 1 nitrogen and oxygen atoms in total. The molecule has 0 aliphatic carbocycles. The second-order valence-corrected chi connectivity index (χ2v) is 7.28. The lowest BCUT2D eigenvalue weighted by Gasteiger charge is -2.02. The second kappa shape index (κ2) is 11.9. The predicted molar refractivity (Wildman–Crippen MR) is 110 cm³/mol. The quantitative estimate of drug-likeness (QED) is 0.403. The monoisotopic (exact) mass is 531 g/mol. The highest BCUT2D eigenvalue weighted by Gasteiger charge is 1.98. The highest BCUT2D eigenvalue weighted by molar-refractivity contribution is 9.11. The first-order chi connectivity index (χ1) is 9.97. The van der Waals surface area contributed by atoms with E-state index in [-0.39, 0.29) is 7.43 Å². The smallest absolute Gasteiger partial charge is 0.0410 e. The number of nitrogens with one attached hydrogen (secondary N) is 1. The van der Waals surface area contributed by atoms with Crippen LogP contribution in [0.3, 0.4) is 0 Å². The number of hydrogen-bond donors (Lipinski definition) is 1. The minimum absolute atomic E-state index is 0. The average Bonchev–Trinajstić information content (AvgIpc) is 2.46. The van der Waals surface area contributed by atoms with Gasteiger partial charge in [-0.2, -0.15) is 0 Å². The number of alkyl halides is 1. The van der Waals surface area contributed by atoms with Gasteiger partial charge in [-0.25, -0.2) is 0 Å². The van der Waals surface area contributed by atoms with Gasteiger partial charge in [-0.15, -0.1) is 0 Å². The number of halogens is 5. The Hall–Kier alpha value is 0.420. The number of benzene rings is 2. The Kier molecular flexibility index (Phi) is 12.1. The summed E-state index contributed by atoms with van der Waals surface area (Å²) in [5.41, 5.74) is 2.35. The molecule has 0 saturated heterocycles. The second-order valence-electron chi connectivity index (χ2n) is 4.14. The van der Waals surface area contributed by atoms with Crippen molar-refractivity contribution >= 4 is 71.0 Å². The molecule has 0 unspecified atom stereocenters. The third-order valence-corrected chi connectivity index (χ3v) is 5.15. The van der Waals surface area contributed by atoms with Crippen LogP contribution in [-0.2, 0) is 11.9 Å². The van der Waals surface area contributed by atoms with E-state index in [1.54, 1.807) is 0 Å². The molecule has 22 heavy (non-hydrogen) atoms. The number of rotatable bonds is 3. The van der Waals surface area contributed by atoms with Crippen LogP contribution in [0.5, 0.6) is 0 Å². The van der Waals surface area contributed by atoms with Crippen LogP contribution in [0, 0.1) is 0 Å². The molecule has 2 rings (SSSR count). The van der Waals surface area contributed by atoms with Gasteiger partial charge in [0.1, 0.15) is 0 Å². The van der Waals surface area contributed by atoms with Gasteiger partial charge >= 0.3 is 0 Å². The molecule has 0 radical (unpaired) electrons. The van der Waals surface area contributed by atoms with Crippen molar-refractivity contribution in [3.8, 4) is 0 Å². The van der Waals surface area contributed by atoms with Crippen molar-refractivity contribution < 1.29 is 0 Å². The molecular weight excluding hydrogens is 517 g/mol. The maximum Gasteiger partial charge on any atom is 0.0410 e. The summed E-state index contributed by atoms with van der Waals surface area (Å²) in [6.07, 6.45) is 0. The van der Waals surface area contributed by atoms with Gasteiger partial charge in [0, 0.05) is 30.9 Å². The molecule has 0 fully saturated rings. The molecule has 0 aliphatic heterocycles. The molecule has 0 heterocycles. The largest absolute Gasteiger partial charge is 0.316 e. The Morgan fingerprint density at radius 1 is 0.909 bits per heavy atom. The highest BCUT2D eigenvalue weighted by atomic mass is 79.9. The summed E-state index contributed by atoms with van der Waals surface area (Å²) in [5.74, 6) is 0. The fourth-order valence-corrected chi connectivity index (χ4v) is 3.52. The van der Waals surface area contributed by atoms with Crippen LogP contribution >= 0.6 is 71.0 Å². The van der Waals surface area contributed by atoms with Crippen LogP contribution in [-0.4, -0.2) is 7.05 Å². The van der Waals surface area contributed by atoms with E-state index in [0.29, 0.717) is 0 Å². The fraction of sp³-hybridized carbons (Fsp3) is 0.250. The molecule has 0 aliphatic rings. The summed E-state index contributed by atoms with van der Waals surface area (Å²) in [4.78, 5) is 0. The van der Waals surface area contributed by atoms with Gasteiger partial charge in [0.2, 0.25) is 0 Å². The van der Waals surface area contributed by atoms with Gasteiger partial charge in [-0.3, -0.25) is 0 Å². The van der Waals surface area contributed by atoms with Gasteiger partial charge in [0.05, 0.1) is 0 Å².